The van der Waals surface area contributed by atoms with E-state index in [-0.39, 0.29) is 12.5 Å². The van der Waals surface area contributed by atoms with Gasteiger partial charge < -0.3 is 5.32 Å². The lowest BCUT2D eigenvalue weighted by atomic mass is 10.2. The van der Waals surface area contributed by atoms with Crippen LogP contribution in [0.25, 0.3) is 0 Å². The molecule has 3 rings (SSSR count). The topological polar surface area (TPSA) is 69.7 Å². The molecule has 1 saturated heterocycles. The van der Waals surface area contributed by atoms with Gasteiger partial charge in [0.1, 0.15) is 12.6 Å². The molecule has 0 radical (unpaired) electrons. The van der Waals surface area contributed by atoms with Crippen LogP contribution in [0.15, 0.2) is 53.0 Å². The third-order valence-corrected chi connectivity index (χ3v) is 4.66. The van der Waals surface area contributed by atoms with Gasteiger partial charge in [0, 0.05) is 15.8 Å². The van der Waals surface area contributed by atoms with Crippen molar-refractivity contribution in [3.8, 4) is 0 Å². The molecule has 134 valence electrons. The molecule has 1 aliphatic heterocycles. The molecule has 2 aromatic carbocycles. The number of hydrogen-bond acceptors (Lipinski definition) is 3. The van der Waals surface area contributed by atoms with E-state index < -0.39 is 18.0 Å². The summed E-state index contributed by atoms with van der Waals surface area (Å²) >= 11 is 3.33. The fraction of sp³-hybridized carbons (Fsp3) is 0.211. The number of benzene rings is 2. The maximum absolute atomic E-state index is 12.7. The van der Waals surface area contributed by atoms with E-state index in [9.17, 15) is 14.4 Å². The van der Waals surface area contributed by atoms with Crippen molar-refractivity contribution in [3.05, 3.63) is 58.6 Å². The number of aryl methyl sites for hydroxylation is 1. The zero-order valence-corrected chi connectivity index (χ0v) is 16.0. The van der Waals surface area contributed by atoms with Crippen molar-refractivity contribution < 1.29 is 14.4 Å². The van der Waals surface area contributed by atoms with Crippen molar-refractivity contribution >= 4 is 45.2 Å². The summed E-state index contributed by atoms with van der Waals surface area (Å²) in [5, 5.41) is 2.69. The first-order valence-electron chi connectivity index (χ1n) is 8.13. The first-order chi connectivity index (χ1) is 12.4. The number of nitrogens with one attached hydrogen (secondary N) is 1. The van der Waals surface area contributed by atoms with Crippen molar-refractivity contribution in [2.24, 2.45) is 0 Å². The summed E-state index contributed by atoms with van der Waals surface area (Å²) in [7, 11) is 0. The summed E-state index contributed by atoms with van der Waals surface area (Å²) in [6.45, 7) is 3.28. The van der Waals surface area contributed by atoms with Gasteiger partial charge in [-0.3, -0.25) is 19.4 Å². The number of halogens is 1. The SMILES string of the molecule is Cc1ccc(N2C(=O)N(CC(=O)Nc3cccc(Br)c3)C(=O)[C@H]2C)cc1. The summed E-state index contributed by atoms with van der Waals surface area (Å²) in [5.74, 6) is -0.817. The first kappa shape index (κ1) is 18.1. The molecule has 0 spiro atoms. The van der Waals surface area contributed by atoms with Crippen molar-refractivity contribution in [2.45, 2.75) is 19.9 Å². The van der Waals surface area contributed by atoms with Gasteiger partial charge in [-0.15, -0.1) is 0 Å². The molecule has 1 atom stereocenters. The number of hydrogen-bond donors (Lipinski definition) is 1. The molecule has 7 heteroatoms. The van der Waals surface area contributed by atoms with Gasteiger partial charge in [0.25, 0.3) is 5.91 Å². The van der Waals surface area contributed by atoms with Gasteiger partial charge >= 0.3 is 6.03 Å². The highest BCUT2D eigenvalue weighted by atomic mass is 79.9. The van der Waals surface area contributed by atoms with Crippen LogP contribution in [0.2, 0.25) is 0 Å². The van der Waals surface area contributed by atoms with Gasteiger partial charge in [-0.1, -0.05) is 39.7 Å². The summed E-state index contributed by atoms with van der Waals surface area (Å²) in [6, 6.07) is 13.3. The van der Waals surface area contributed by atoms with Gasteiger partial charge in [0.2, 0.25) is 5.91 Å². The molecule has 0 saturated carbocycles. The van der Waals surface area contributed by atoms with Crippen LogP contribution in [-0.2, 0) is 9.59 Å². The molecule has 1 fully saturated rings. The number of carbonyl (C=O) groups is 3. The van der Waals surface area contributed by atoms with E-state index in [1.165, 1.54) is 4.90 Å². The molecular formula is C19H18BrN3O3. The minimum Gasteiger partial charge on any atom is -0.324 e. The van der Waals surface area contributed by atoms with Crippen molar-refractivity contribution in [1.82, 2.24) is 4.90 Å². The Morgan fingerprint density at radius 3 is 2.50 bits per heavy atom. The third-order valence-electron chi connectivity index (χ3n) is 4.17. The minimum absolute atomic E-state index is 0.323. The molecule has 1 aliphatic rings. The number of amides is 4. The summed E-state index contributed by atoms with van der Waals surface area (Å²) in [6.07, 6.45) is 0. The van der Waals surface area contributed by atoms with Gasteiger partial charge in [-0.2, -0.15) is 0 Å². The Balaban J connectivity index is 1.74. The Morgan fingerprint density at radius 2 is 1.85 bits per heavy atom. The van der Waals surface area contributed by atoms with Gasteiger partial charge in [0.05, 0.1) is 0 Å². The molecule has 4 amide bonds. The Labute approximate surface area is 159 Å². The molecule has 0 aliphatic carbocycles. The lowest BCUT2D eigenvalue weighted by Gasteiger charge is -2.19. The van der Waals surface area contributed by atoms with Crippen LogP contribution in [0.1, 0.15) is 12.5 Å². The number of nitrogens with zero attached hydrogens (tertiary/aromatic N) is 2. The van der Waals surface area contributed by atoms with E-state index in [1.54, 1.807) is 37.3 Å². The largest absolute Gasteiger partial charge is 0.332 e. The Bertz CT molecular complexity index is 867. The highest BCUT2D eigenvalue weighted by Gasteiger charge is 2.43. The van der Waals surface area contributed by atoms with Crippen molar-refractivity contribution in [2.75, 3.05) is 16.8 Å². The number of anilines is 2. The van der Waals surface area contributed by atoms with Crippen LogP contribution >= 0.6 is 15.9 Å². The van der Waals surface area contributed by atoms with E-state index >= 15 is 0 Å². The molecule has 0 unspecified atom stereocenters. The number of rotatable bonds is 4. The molecule has 2 aromatic rings. The van der Waals surface area contributed by atoms with E-state index in [4.69, 9.17) is 0 Å². The van der Waals surface area contributed by atoms with Crippen LogP contribution in [0.4, 0.5) is 16.2 Å². The third kappa shape index (κ3) is 3.62. The molecule has 1 N–H and O–H groups in total. The molecular weight excluding hydrogens is 398 g/mol. The maximum Gasteiger partial charge on any atom is 0.332 e. The van der Waals surface area contributed by atoms with E-state index in [0.29, 0.717) is 11.4 Å². The minimum atomic E-state index is -0.649. The Morgan fingerprint density at radius 1 is 1.15 bits per heavy atom. The highest BCUT2D eigenvalue weighted by molar-refractivity contribution is 9.10. The predicted octanol–water partition coefficient (Wildman–Crippen LogP) is 3.55. The molecule has 0 bridgehead atoms. The maximum atomic E-state index is 12.7. The zero-order valence-electron chi connectivity index (χ0n) is 14.4. The van der Waals surface area contributed by atoms with Crippen LogP contribution in [0.3, 0.4) is 0 Å². The smallest absolute Gasteiger partial charge is 0.324 e. The van der Waals surface area contributed by atoms with E-state index in [1.807, 2.05) is 25.1 Å². The Hall–Kier alpha value is -2.67. The van der Waals surface area contributed by atoms with E-state index in [2.05, 4.69) is 21.2 Å². The van der Waals surface area contributed by atoms with Crippen LogP contribution in [0, 0.1) is 6.92 Å². The van der Waals surface area contributed by atoms with Crippen molar-refractivity contribution in [1.29, 1.82) is 0 Å². The van der Waals surface area contributed by atoms with Gasteiger partial charge in [-0.05, 0) is 44.2 Å². The molecule has 6 nitrogen and oxygen atoms in total. The van der Waals surface area contributed by atoms with Crippen LogP contribution in [-0.4, -0.2) is 35.3 Å². The first-order valence-corrected chi connectivity index (χ1v) is 8.93. The standard InChI is InChI=1S/C19H18BrN3O3/c1-12-6-8-16(9-7-12)23-13(2)18(25)22(19(23)26)11-17(24)21-15-5-3-4-14(20)10-15/h3-10,13H,11H2,1-2H3,(H,21,24)/t13-/m1/s1. The van der Waals surface area contributed by atoms with Gasteiger partial charge in [0.15, 0.2) is 0 Å². The average molecular weight is 416 g/mol. The average Bonchev–Trinajstić information content (AvgIpc) is 2.80. The highest BCUT2D eigenvalue weighted by Crippen LogP contribution is 2.26. The monoisotopic (exact) mass is 415 g/mol. The molecule has 26 heavy (non-hydrogen) atoms. The number of urea groups is 1. The second kappa shape index (κ2) is 7.29. The fourth-order valence-corrected chi connectivity index (χ4v) is 3.22. The number of carbonyl (C=O) groups excluding carboxylic acids is 3. The lowest BCUT2D eigenvalue weighted by Crippen LogP contribution is -2.39. The second-order valence-electron chi connectivity index (χ2n) is 6.15. The summed E-state index contributed by atoms with van der Waals surface area (Å²) in [5.41, 5.74) is 2.29. The predicted molar refractivity (Wildman–Crippen MR) is 103 cm³/mol. The Kier molecular flexibility index (Phi) is 5.08. The lowest BCUT2D eigenvalue weighted by molar-refractivity contribution is -0.130. The normalized spacial score (nSPS) is 17.0. The summed E-state index contributed by atoms with van der Waals surface area (Å²) in [4.78, 5) is 39.9. The fourth-order valence-electron chi connectivity index (χ4n) is 2.82. The van der Waals surface area contributed by atoms with Crippen molar-refractivity contribution in [3.63, 3.8) is 0 Å². The zero-order chi connectivity index (χ0) is 18.8. The van der Waals surface area contributed by atoms with Gasteiger partial charge in [-0.25, -0.2) is 4.79 Å². The number of imide groups is 1. The van der Waals surface area contributed by atoms with Crippen LogP contribution in [0.5, 0.6) is 0 Å². The molecule has 1 heterocycles. The summed E-state index contributed by atoms with van der Waals surface area (Å²) < 4.78 is 0.822. The second-order valence-corrected chi connectivity index (χ2v) is 7.06. The van der Waals surface area contributed by atoms with Crippen LogP contribution < -0.4 is 10.2 Å². The van der Waals surface area contributed by atoms with E-state index in [0.717, 1.165) is 14.9 Å². The molecule has 0 aromatic heterocycles. The quantitative estimate of drug-likeness (QED) is 0.776.